The number of aromatic nitrogens is 1. The molecule has 1 N–H and O–H groups in total. The van der Waals surface area contributed by atoms with Gasteiger partial charge in [0.25, 0.3) is 0 Å². The molecule has 1 aromatic rings. The summed E-state index contributed by atoms with van der Waals surface area (Å²) in [5, 5.41) is 2.54. The number of rotatable bonds is 4. The summed E-state index contributed by atoms with van der Waals surface area (Å²) in [5.74, 6) is -0.150. The van der Waals surface area contributed by atoms with Crippen LogP contribution in [0.25, 0.3) is 0 Å². The first-order valence-electron chi connectivity index (χ1n) is 6.38. The van der Waals surface area contributed by atoms with Gasteiger partial charge in [-0.1, -0.05) is 6.08 Å². The molecule has 0 radical (unpaired) electrons. The lowest BCUT2D eigenvalue weighted by atomic mass is 10.1. The number of carbonyl (C=O) groups is 2. The summed E-state index contributed by atoms with van der Waals surface area (Å²) in [6.07, 6.45) is 4.01. The molecule has 0 aliphatic heterocycles. The average molecular weight is 276 g/mol. The maximum atomic E-state index is 11.8. The molecule has 1 heterocycles. The second-order valence-electron chi connectivity index (χ2n) is 5.34. The van der Waals surface area contributed by atoms with Gasteiger partial charge in [0.1, 0.15) is 5.60 Å². The zero-order valence-corrected chi connectivity index (χ0v) is 12.3. The molecule has 108 valence electrons. The fourth-order valence-electron chi connectivity index (χ4n) is 1.33. The molecule has 1 amide bonds. The predicted octanol–water partition coefficient (Wildman–Crippen LogP) is 2.65. The summed E-state index contributed by atoms with van der Waals surface area (Å²) < 4.78 is 5.06. The molecule has 20 heavy (non-hydrogen) atoms. The van der Waals surface area contributed by atoms with Crippen molar-refractivity contribution in [2.24, 2.45) is 0 Å². The normalized spacial score (nSPS) is 11.4. The molecule has 0 aliphatic rings. The summed E-state index contributed by atoms with van der Waals surface area (Å²) >= 11 is 0. The van der Waals surface area contributed by atoms with E-state index in [1.165, 1.54) is 12.3 Å². The first kappa shape index (κ1) is 15.9. The molecule has 5 nitrogen and oxygen atoms in total. The average Bonchev–Trinajstić information content (AvgIpc) is 2.33. The zero-order valence-electron chi connectivity index (χ0n) is 12.3. The van der Waals surface area contributed by atoms with Crippen LogP contribution in [0.1, 0.15) is 36.8 Å². The van der Waals surface area contributed by atoms with Crippen molar-refractivity contribution in [2.45, 2.75) is 33.3 Å². The zero-order chi connectivity index (χ0) is 15.2. The molecule has 1 rings (SSSR count). The van der Waals surface area contributed by atoms with Crippen LogP contribution < -0.4 is 5.32 Å². The van der Waals surface area contributed by atoms with Crippen LogP contribution in [0.4, 0.5) is 4.79 Å². The third-order valence-electron chi connectivity index (χ3n) is 2.23. The fourth-order valence-corrected chi connectivity index (χ4v) is 1.33. The molecule has 0 saturated carbocycles. The van der Waals surface area contributed by atoms with Crippen LogP contribution in [-0.2, 0) is 4.74 Å². The Hall–Kier alpha value is -2.17. The van der Waals surface area contributed by atoms with Gasteiger partial charge >= 0.3 is 6.09 Å². The standard InChI is InChI=1S/C15H20N2O3/c1-11-7-8-12(10-17-11)13(18)6-5-9-16-14(19)20-15(2,3)4/h5-8,10H,9H2,1-4H3,(H,16,19)/b6-5+. The van der Waals surface area contributed by atoms with Crippen molar-refractivity contribution in [3.05, 3.63) is 41.7 Å². The van der Waals surface area contributed by atoms with Gasteiger partial charge in [-0.15, -0.1) is 0 Å². The second-order valence-corrected chi connectivity index (χ2v) is 5.34. The minimum atomic E-state index is -0.531. The molecule has 5 heteroatoms. The number of ketones is 1. The van der Waals surface area contributed by atoms with Crippen molar-refractivity contribution in [1.29, 1.82) is 0 Å². The number of aryl methyl sites for hydroxylation is 1. The van der Waals surface area contributed by atoms with Gasteiger partial charge in [-0.25, -0.2) is 4.79 Å². The minimum absolute atomic E-state index is 0.150. The van der Waals surface area contributed by atoms with Crippen molar-refractivity contribution in [3.63, 3.8) is 0 Å². The highest BCUT2D eigenvalue weighted by Gasteiger charge is 2.15. The monoisotopic (exact) mass is 276 g/mol. The maximum absolute atomic E-state index is 11.8. The number of nitrogens with one attached hydrogen (secondary N) is 1. The number of allylic oxidation sites excluding steroid dienone is 1. The largest absolute Gasteiger partial charge is 0.444 e. The third kappa shape index (κ3) is 6.13. The van der Waals surface area contributed by atoms with Gasteiger partial charge < -0.3 is 10.1 Å². The first-order chi connectivity index (χ1) is 9.28. The van der Waals surface area contributed by atoms with E-state index >= 15 is 0 Å². The highest BCUT2D eigenvalue weighted by molar-refractivity contribution is 6.04. The summed E-state index contributed by atoms with van der Waals surface area (Å²) in [4.78, 5) is 27.2. The molecule has 0 unspecified atom stereocenters. The highest BCUT2D eigenvalue weighted by Crippen LogP contribution is 2.06. The van der Waals surface area contributed by atoms with E-state index in [2.05, 4.69) is 10.3 Å². The Balaban J connectivity index is 2.40. The Morgan fingerprint density at radius 2 is 2.05 bits per heavy atom. The molecular formula is C15H20N2O3. The Morgan fingerprint density at radius 3 is 2.60 bits per heavy atom. The van der Waals surface area contributed by atoms with Crippen molar-refractivity contribution < 1.29 is 14.3 Å². The number of nitrogens with zero attached hydrogens (tertiary/aromatic N) is 1. The van der Waals surface area contributed by atoms with E-state index in [9.17, 15) is 9.59 Å². The molecule has 0 aromatic carbocycles. The van der Waals surface area contributed by atoms with Crippen molar-refractivity contribution in [1.82, 2.24) is 10.3 Å². The van der Waals surface area contributed by atoms with E-state index < -0.39 is 11.7 Å². The van der Waals surface area contributed by atoms with Crippen molar-refractivity contribution in [3.8, 4) is 0 Å². The fraction of sp³-hybridized carbons (Fsp3) is 0.400. The van der Waals surface area contributed by atoms with Crippen LogP contribution in [0.2, 0.25) is 0 Å². The number of ether oxygens (including phenoxy) is 1. The molecule has 0 bridgehead atoms. The molecule has 0 fully saturated rings. The number of amides is 1. The number of alkyl carbamates (subject to hydrolysis) is 1. The molecular weight excluding hydrogens is 256 g/mol. The number of carbonyl (C=O) groups excluding carboxylic acids is 2. The maximum Gasteiger partial charge on any atom is 0.407 e. The smallest absolute Gasteiger partial charge is 0.407 e. The van der Waals surface area contributed by atoms with Crippen LogP contribution in [-0.4, -0.2) is 29.0 Å². The lowest BCUT2D eigenvalue weighted by Gasteiger charge is -2.19. The van der Waals surface area contributed by atoms with E-state index in [0.717, 1.165) is 5.69 Å². The van der Waals surface area contributed by atoms with E-state index in [1.54, 1.807) is 39.0 Å². The Labute approximate surface area is 119 Å². The van der Waals surface area contributed by atoms with E-state index in [-0.39, 0.29) is 12.3 Å². The second kappa shape index (κ2) is 6.84. The summed E-state index contributed by atoms with van der Waals surface area (Å²) in [6, 6.07) is 3.50. The van der Waals surface area contributed by atoms with E-state index in [0.29, 0.717) is 5.56 Å². The van der Waals surface area contributed by atoms with Gasteiger partial charge in [0.05, 0.1) is 0 Å². The predicted molar refractivity (Wildman–Crippen MR) is 76.7 cm³/mol. The summed E-state index contributed by atoms with van der Waals surface area (Å²) in [6.45, 7) is 7.46. The third-order valence-corrected chi connectivity index (χ3v) is 2.23. The van der Waals surface area contributed by atoms with E-state index in [4.69, 9.17) is 4.74 Å². The quantitative estimate of drug-likeness (QED) is 0.678. The van der Waals surface area contributed by atoms with Gasteiger partial charge in [-0.3, -0.25) is 9.78 Å². The molecule has 0 atom stereocenters. The Kier molecular flexibility index (Phi) is 5.43. The topological polar surface area (TPSA) is 68.3 Å². The SMILES string of the molecule is Cc1ccc(C(=O)/C=C/CNC(=O)OC(C)(C)C)cn1. The minimum Gasteiger partial charge on any atom is -0.444 e. The van der Waals surface area contributed by atoms with E-state index in [1.807, 2.05) is 6.92 Å². The lowest BCUT2D eigenvalue weighted by Crippen LogP contribution is -2.32. The Morgan fingerprint density at radius 1 is 1.35 bits per heavy atom. The van der Waals surface area contributed by atoms with Crippen LogP contribution in [0.3, 0.4) is 0 Å². The number of hydrogen-bond donors (Lipinski definition) is 1. The summed E-state index contributed by atoms with van der Waals surface area (Å²) in [7, 11) is 0. The van der Waals surface area contributed by atoms with Gasteiger partial charge in [-0.2, -0.15) is 0 Å². The van der Waals surface area contributed by atoms with Crippen LogP contribution >= 0.6 is 0 Å². The first-order valence-corrected chi connectivity index (χ1v) is 6.38. The van der Waals surface area contributed by atoms with Crippen LogP contribution in [0, 0.1) is 6.92 Å². The van der Waals surface area contributed by atoms with Gasteiger partial charge in [0, 0.05) is 24.0 Å². The van der Waals surface area contributed by atoms with Crippen molar-refractivity contribution >= 4 is 11.9 Å². The number of hydrogen-bond acceptors (Lipinski definition) is 4. The summed E-state index contributed by atoms with van der Waals surface area (Å²) in [5.41, 5.74) is 0.846. The lowest BCUT2D eigenvalue weighted by molar-refractivity contribution is 0.0533. The molecule has 0 saturated heterocycles. The van der Waals surface area contributed by atoms with Crippen LogP contribution in [0.5, 0.6) is 0 Å². The van der Waals surface area contributed by atoms with Crippen molar-refractivity contribution in [2.75, 3.05) is 6.54 Å². The highest BCUT2D eigenvalue weighted by atomic mass is 16.6. The van der Waals surface area contributed by atoms with Gasteiger partial charge in [-0.05, 0) is 45.9 Å². The number of pyridine rings is 1. The Bertz CT molecular complexity index is 499. The van der Waals surface area contributed by atoms with Crippen LogP contribution in [0.15, 0.2) is 30.5 Å². The molecule has 0 spiro atoms. The van der Waals surface area contributed by atoms with Gasteiger partial charge in [0.15, 0.2) is 5.78 Å². The molecule has 1 aromatic heterocycles. The van der Waals surface area contributed by atoms with Gasteiger partial charge in [0.2, 0.25) is 0 Å². The molecule has 0 aliphatic carbocycles.